The minimum absolute atomic E-state index is 0.0893. The highest BCUT2D eigenvalue weighted by atomic mass is 32.2. The van der Waals surface area contributed by atoms with Crippen molar-refractivity contribution in [1.29, 1.82) is 0 Å². The molecule has 0 fully saturated rings. The number of sulfonamides is 1. The zero-order chi connectivity index (χ0) is 22.2. The molecule has 0 bridgehead atoms. The van der Waals surface area contributed by atoms with Gasteiger partial charge in [-0.2, -0.15) is 0 Å². The molecule has 160 valence electrons. The van der Waals surface area contributed by atoms with E-state index in [9.17, 15) is 13.2 Å². The zero-order valence-corrected chi connectivity index (χ0v) is 18.0. The summed E-state index contributed by atoms with van der Waals surface area (Å²) in [5.41, 5.74) is 9.83. The lowest BCUT2D eigenvalue weighted by molar-refractivity contribution is 0.0946. The summed E-state index contributed by atoms with van der Waals surface area (Å²) in [5, 5.41) is 2.82. The molecule has 0 saturated carbocycles. The van der Waals surface area contributed by atoms with Gasteiger partial charge in [0.25, 0.3) is 5.91 Å². The first kappa shape index (κ1) is 20.9. The molecule has 1 aliphatic heterocycles. The Balaban J connectivity index is 1.70. The zero-order valence-electron chi connectivity index (χ0n) is 17.2. The van der Waals surface area contributed by atoms with E-state index in [0.717, 1.165) is 17.5 Å². The van der Waals surface area contributed by atoms with Gasteiger partial charge in [-0.25, -0.2) is 22.7 Å². The van der Waals surface area contributed by atoms with E-state index in [4.69, 9.17) is 5.73 Å². The fourth-order valence-corrected chi connectivity index (χ4v) is 4.47. The average Bonchev–Trinajstić information content (AvgIpc) is 2.79. The van der Waals surface area contributed by atoms with Gasteiger partial charge in [0.15, 0.2) is 0 Å². The summed E-state index contributed by atoms with van der Waals surface area (Å²) in [5.74, 6) is 0.168. The molecule has 0 atom stereocenters. The number of anilines is 1. The molecule has 0 radical (unpaired) electrons. The van der Waals surface area contributed by atoms with Gasteiger partial charge >= 0.3 is 0 Å². The van der Waals surface area contributed by atoms with Gasteiger partial charge in [0.2, 0.25) is 10.0 Å². The fourth-order valence-electron chi connectivity index (χ4n) is 3.34. The van der Waals surface area contributed by atoms with Crippen molar-refractivity contribution in [3.8, 4) is 22.6 Å². The predicted molar refractivity (Wildman–Crippen MR) is 117 cm³/mol. The first-order valence-electron chi connectivity index (χ1n) is 9.78. The topological polar surface area (TPSA) is 131 Å². The van der Waals surface area contributed by atoms with E-state index in [-0.39, 0.29) is 16.6 Å². The van der Waals surface area contributed by atoms with Crippen molar-refractivity contribution in [2.24, 2.45) is 0 Å². The van der Waals surface area contributed by atoms with Crippen LogP contribution in [0.3, 0.4) is 0 Å². The van der Waals surface area contributed by atoms with Crippen molar-refractivity contribution < 1.29 is 13.2 Å². The molecule has 4 rings (SSSR count). The standard InChI is InChI=1S/C21H22N6O3S/c1-3-27(2)31(29,30)15-5-7-17(24-11-15)18-12-25-20(22)19(26-18)14-4-6-16-13(10-14)8-9-23-21(16)28/h4-7,10-12H,3,8-9H2,1-2H3,(H2,22,25)(H,23,28). The molecule has 0 unspecified atom stereocenters. The number of amides is 1. The number of carbonyl (C=O) groups excluding carboxylic acids is 1. The van der Waals surface area contributed by atoms with Gasteiger partial charge in [-0.1, -0.05) is 13.0 Å². The number of nitrogens with zero attached hydrogens (tertiary/aromatic N) is 4. The molecular weight excluding hydrogens is 416 g/mol. The number of nitrogen functional groups attached to an aromatic ring is 1. The van der Waals surface area contributed by atoms with Crippen molar-refractivity contribution in [1.82, 2.24) is 24.6 Å². The van der Waals surface area contributed by atoms with E-state index in [0.29, 0.717) is 35.7 Å². The maximum absolute atomic E-state index is 12.4. The van der Waals surface area contributed by atoms with Gasteiger partial charge in [0.1, 0.15) is 22.1 Å². The van der Waals surface area contributed by atoms with Crippen LogP contribution in [-0.4, -0.2) is 53.7 Å². The summed E-state index contributed by atoms with van der Waals surface area (Å²) < 4.78 is 26.1. The first-order valence-corrected chi connectivity index (χ1v) is 11.2. The molecule has 1 aromatic carbocycles. The van der Waals surface area contributed by atoms with E-state index in [1.165, 1.54) is 29.8 Å². The number of aromatic nitrogens is 3. The monoisotopic (exact) mass is 438 g/mol. The number of benzene rings is 1. The lowest BCUT2D eigenvalue weighted by atomic mass is 9.96. The largest absolute Gasteiger partial charge is 0.382 e. The molecular formula is C21H22N6O3S. The summed E-state index contributed by atoms with van der Waals surface area (Å²) >= 11 is 0. The Labute approximate surface area is 180 Å². The van der Waals surface area contributed by atoms with Crippen molar-refractivity contribution in [3.05, 3.63) is 53.9 Å². The second-order valence-corrected chi connectivity index (χ2v) is 9.21. The van der Waals surface area contributed by atoms with Gasteiger partial charge in [-0.05, 0) is 36.2 Å². The lowest BCUT2D eigenvalue weighted by Gasteiger charge is -2.17. The molecule has 1 amide bonds. The van der Waals surface area contributed by atoms with Crippen molar-refractivity contribution >= 4 is 21.7 Å². The van der Waals surface area contributed by atoms with Gasteiger partial charge in [-0.15, -0.1) is 0 Å². The number of fused-ring (bicyclic) bond motifs is 1. The van der Waals surface area contributed by atoms with Gasteiger partial charge in [-0.3, -0.25) is 9.78 Å². The lowest BCUT2D eigenvalue weighted by Crippen LogP contribution is -2.31. The van der Waals surface area contributed by atoms with E-state index >= 15 is 0 Å². The maximum atomic E-state index is 12.4. The Hall–Kier alpha value is -3.37. The predicted octanol–water partition coefficient (Wildman–Crippen LogP) is 1.71. The molecule has 0 saturated heterocycles. The highest BCUT2D eigenvalue weighted by molar-refractivity contribution is 7.89. The highest BCUT2D eigenvalue weighted by Gasteiger charge is 2.21. The number of nitrogens with two attached hydrogens (primary N) is 1. The molecule has 9 nitrogen and oxygen atoms in total. The molecule has 3 N–H and O–H groups in total. The molecule has 2 aromatic heterocycles. The van der Waals surface area contributed by atoms with Gasteiger partial charge < -0.3 is 11.1 Å². The summed E-state index contributed by atoms with van der Waals surface area (Å²) in [4.78, 5) is 25.2. The first-order chi connectivity index (χ1) is 14.8. The van der Waals surface area contributed by atoms with E-state index < -0.39 is 10.0 Å². The van der Waals surface area contributed by atoms with Crippen LogP contribution in [0.4, 0.5) is 5.82 Å². The number of pyridine rings is 1. The van der Waals surface area contributed by atoms with Crippen molar-refractivity contribution in [3.63, 3.8) is 0 Å². The maximum Gasteiger partial charge on any atom is 0.251 e. The molecule has 1 aliphatic rings. The summed E-state index contributed by atoms with van der Waals surface area (Å²) in [6.45, 7) is 2.71. The number of carbonyl (C=O) groups is 1. The molecule has 3 heterocycles. The van der Waals surface area contributed by atoms with E-state index in [2.05, 4.69) is 20.3 Å². The Morgan fingerprint density at radius 2 is 1.94 bits per heavy atom. The van der Waals surface area contributed by atoms with Gasteiger partial charge in [0, 0.05) is 37.5 Å². The third kappa shape index (κ3) is 3.87. The normalized spacial score (nSPS) is 13.7. The summed E-state index contributed by atoms with van der Waals surface area (Å²) in [6.07, 6.45) is 3.54. The van der Waals surface area contributed by atoms with E-state index in [1.807, 2.05) is 6.07 Å². The quantitative estimate of drug-likeness (QED) is 0.620. The summed E-state index contributed by atoms with van der Waals surface area (Å²) in [7, 11) is -2.06. The number of nitrogens with one attached hydrogen (secondary N) is 1. The second-order valence-electron chi connectivity index (χ2n) is 7.17. The third-order valence-corrected chi connectivity index (χ3v) is 7.17. The summed E-state index contributed by atoms with van der Waals surface area (Å²) in [6, 6.07) is 8.55. The van der Waals surface area contributed by atoms with Crippen molar-refractivity contribution in [2.45, 2.75) is 18.2 Å². The molecule has 31 heavy (non-hydrogen) atoms. The minimum Gasteiger partial charge on any atom is -0.382 e. The number of rotatable bonds is 5. The molecule has 10 heteroatoms. The molecule has 3 aromatic rings. The smallest absolute Gasteiger partial charge is 0.251 e. The Kier molecular flexibility index (Phi) is 5.42. The number of hydrogen-bond donors (Lipinski definition) is 2. The van der Waals surface area contributed by atoms with Crippen LogP contribution >= 0.6 is 0 Å². The van der Waals surface area contributed by atoms with Crippen LogP contribution in [0.2, 0.25) is 0 Å². The van der Waals surface area contributed by atoms with Crippen LogP contribution < -0.4 is 11.1 Å². The van der Waals surface area contributed by atoms with Crippen LogP contribution in [0.5, 0.6) is 0 Å². The number of hydrogen-bond acceptors (Lipinski definition) is 7. The fraction of sp³-hybridized carbons (Fsp3) is 0.238. The molecule has 0 spiro atoms. The Morgan fingerprint density at radius 1 is 1.13 bits per heavy atom. The van der Waals surface area contributed by atoms with E-state index in [1.54, 1.807) is 25.1 Å². The van der Waals surface area contributed by atoms with Crippen LogP contribution in [-0.2, 0) is 16.4 Å². The highest BCUT2D eigenvalue weighted by Crippen LogP contribution is 2.28. The van der Waals surface area contributed by atoms with Crippen LogP contribution in [0.15, 0.2) is 47.6 Å². The third-order valence-electron chi connectivity index (χ3n) is 5.26. The van der Waals surface area contributed by atoms with Crippen LogP contribution in [0, 0.1) is 0 Å². The Morgan fingerprint density at radius 3 is 2.65 bits per heavy atom. The Bertz CT molecular complexity index is 1260. The van der Waals surface area contributed by atoms with Crippen LogP contribution in [0.25, 0.3) is 22.6 Å². The molecule has 0 aliphatic carbocycles. The minimum atomic E-state index is -3.58. The second kappa shape index (κ2) is 8.05. The van der Waals surface area contributed by atoms with Crippen molar-refractivity contribution in [2.75, 3.05) is 25.9 Å². The SMILES string of the molecule is CCN(C)S(=O)(=O)c1ccc(-c2cnc(N)c(-c3ccc4c(c3)CCNC4=O)n2)nc1. The average molecular weight is 439 g/mol. The van der Waals surface area contributed by atoms with Crippen LogP contribution in [0.1, 0.15) is 22.8 Å². The van der Waals surface area contributed by atoms with Gasteiger partial charge in [0.05, 0.1) is 11.9 Å².